The number of carbonyl (C=O) groups excluding carboxylic acids is 1. The molecule has 1 amide bonds. The predicted molar refractivity (Wildman–Crippen MR) is 74.6 cm³/mol. The number of rotatable bonds is 6. The summed E-state index contributed by atoms with van der Waals surface area (Å²) in [6.07, 6.45) is 0.660. The Bertz CT molecular complexity index is 331. The summed E-state index contributed by atoms with van der Waals surface area (Å²) in [7, 11) is 0. The molecule has 4 unspecified atom stereocenters. The summed E-state index contributed by atoms with van der Waals surface area (Å²) in [6.45, 7) is 10.1. The highest BCUT2D eigenvalue weighted by molar-refractivity contribution is 5.89. The molecule has 1 saturated carbocycles. The summed E-state index contributed by atoms with van der Waals surface area (Å²) >= 11 is 0. The molecule has 112 valence electrons. The van der Waals surface area contributed by atoms with Crippen molar-refractivity contribution in [1.29, 1.82) is 0 Å². The highest BCUT2D eigenvalue weighted by Gasteiger charge is 2.62. The zero-order chi connectivity index (χ0) is 14.8. The SMILES string of the molecule is CCOC1CC(N)(C(=O)NC(C)CC(C)O)C1(C)C. The second kappa shape index (κ2) is 5.77. The van der Waals surface area contributed by atoms with E-state index in [1.54, 1.807) is 6.92 Å². The van der Waals surface area contributed by atoms with Gasteiger partial charge < -0.3 is 20.9 Å². The lowest BCUT2D eigenvalue weighted by Crippen LogP contribution is -2.76. The van der Waals surface area contributed by atoms with Gasteiger partial charge in [-0.1, -0.05) is 13.8 Å². The van der Waals surface area contributed by atoms with Gasteiger partial charge in [-0.2, -0.15) is 0 Å². The van der Waals surface area contributed by atoms with E-state index in [1.165, 1.54) is 0 Å². The topological polar surface area (TPSA) is 84.6 Å². The Balaban J connectivity index is 2.62. The second-order valence-corrected chi connectivity index (χ2v) is 6.30. The Labute approximate surface area is 115 Å². The lowest BCUT2D eigenvalue weighted by Gasteiger charge is -2.57. The summed E-state index contributed by atoms with van der Waals surface area (Å²) in [5, 5.41) is 12.2. The Morgan fingerprint density at radius 1 is 1.53 bits per heavy atom. The maximum Gasteiger partial charge on any atom is 0.241 e. The van der Waals surface area contributed by atoms with E-state index in [0.29, 0.717) is 19.4 Å². The lowest BCUT2D eigenvalue weighted by atomic mass is 9.54. The first-order valence-electron chi connectivity index (χ1n) is 7.04. The highest BCUT2D eigenvalue weighted by atomic mass is 16.5. The van der Waals surface area contributed by atoms with E-state index in [1.807, 2.05) is 27.7 Å². The van der Waals surface area contributed by atoms with Gasteiger partial charge in [0.25, 0.3) is 0 Å². The van der Waals surface area contributed by atoms with E-state index in [9.17, 15) is 9.90 Å². The third-order valence-electron chi connectivity index (χ3n) is 4.31. The molecule has 1 aliphatic carbocycles. The number of nitrogens with two attached hydrogens (primary N) is 1. The minimum Gasteiger partial charge on any atom is -0.393 e. The van der Waals surface area contributed by atoms with E-state index in [0.717, 1.165) is 0 Å². The molecule has 0 radical (unpaired) electrons. The average molecular weight is 272 g/mol. The van der Waals surface area contributed by atoms with Crippen LogP contribution in [0.15, 0.2) is 0 Å². The average Bonchev–Trinajstić information content (AvgIpc) is 2.27. The fourth-order valence-electron chi connectivity index (χ4n) is 2.74. The van der Waals surface area contributed by atoms with Gasteiger partial charge in [-0.05, 0) is 27.2 Å². The van der Waals surface area contributed by atoms with Crippen LogP contribution < -0.4 is 11.1 Å². The third kappa shape index (κ3) is 3.09. The fourth-order valence-corrected chi connectivity index (χ4v) is 2.74. The first-order chi connectivity index (χ1) is 8.65. The van der Waals surface area contributed by atoms with Crippen LogP contribution >= 0.6 is 0 Å². The Kier molecular flexibility index (Phi) is 4.98. The van der Waals surface area contributed by atoms with Crippen molar-refractivity contribution in [3.05, 3.63) is 0 Å². The number of amides is 1. The summed E-state index contributed by atoms with van der Waals surface area (Å²) in [5.41, 5.74) is 5.00. The van der Waals surface area contributed by atoms with Gasteiger partial charge in [0, 0.05) is 24.5 Å². The zero-order valence-corrected chi connectivity index (χ0v) is 12.7. The molecular formula is C14H28N2O3. The third-order valence-corrected chi connectivity index (χ3v) is 4.31. The van der Waals surface area contributed by atoms with Crippen LogP contribution in [0.2, 0.25) is 0 Å². The van der Waals surface area contributed by atoms with Gasteiger partial charge in [0.2, 0.25) is 5.91 Å². The highest BCUT2D eigenvalue weighted by Crippen LogP contribution is 2.49. The molecule has 19 heavy (non-hydrogen) atoms. The van der Waals surface area contributed by atoms with Crippen LogP contribution in [0.4, 0.5) is 0 Å². The van der Waals surface area contributed by atoms with E-state index in [4.69, 9.17) is 10.5 Å². The molecule has 5 heteroatoms. The molecule has 4 N–H and O–H groups in total. The van der Waals surface area contributed by atoms with Gasteiger partial charge in [-0.15, -0.1) is 0 Å². The van der Waals surface area contributed by atoms with Gasteiger partial charge in [0.15, 0.2) is 0 Å². The number of aliphatic hydroxyl groups excluding tert-OH is 1. The Morgan fingerprint density at radius 3 is 2.53 bits per heavy atom. The van der Waals surface area contributed by atoms with Crippen LogP contribution in [0.5, 0.6) is 0 Å². The molecule has 0 spiro atoms. The van der Waals surface area contributed by atoms with Gasteiger partial charge in [-0.3, -0.25) is 4.79 Å². The molecule has 1 aliphatic rings. The number of hydrogen-bond acceptors (Lipinski definition) is 4. The smallest absolute Gasteiger partial charge is 0.241 e. The monoisotopic (exact) mass is 272 g/mol. The summed E-state index contributed by atoms with van der Waals surface area (Å²) in [6, 6.07) is -0.0881. The fraction of sp³-hybridized carbons (Fsp3) is 0.929. The number of nitrogens with one attached hydrogen (secondary N) is 1. The van der Waals surface area contributed by atoms with Crippen LogP contribution in [-0.2, 0) is 9.53 Å². The van der Waals surface area contributed by atoms with Crippen LogP contribution in [0.1, 0.15) is 47.5 Å². The molecule has 1 rings (SSSR count). The molecule has 0 heterocycles. The lowest BCUT2D eigenvalue weighted by molar-refractivity contribution is -0.171. The van der Waals surface area contributed by atoms with E-state index < -0.39 is 11.6 Å². The van der Waals surface area contributed by atoms with Gasteiger partial charge in [0.05, 0.1) is 12.2 Å². The van der Waals surface area contributed by atoms with Crippen molar-refractivity contribution >= 4 is 5.91 Å². The minimum atomic E-state index is -0.889. The molecule has 0 aromatic rings. The number of hydrogen-bond donors (Lipinski definition) is 3. The minimum absolute atomic E-state index is 0.0281. The van der Waals surface area contributed by atoms with E-state index in [-0.39, 0.29) is 23.5 Å². The standard InChI is InChI=1S/C14H28N2O3/c1-6-19-11-8-14(15,13(11,4)5)12(18)16-9(2)7-10(3)17/h9-11,17H,6-8,15H2,1-5H3,(H,16,18). The molecule has 0 bridgehead atoms. The van der Waals surface area contributed by atoms with Crippen molar-refractivity contribution in [3.8, 4) is 0 Å². The van der Waals surface area contributed by atoms with Crippen molar-refractivity contribution in [1.82, 2.24) is 5.32 Å². The van der Waals surface area contributed by atoms with Crippen LogP contribution in [0.3, 0.4) is 0 Å². The molecule has 0 saturated heterocycles. The number of ether oxygens (including phenoxy) is 1. The van der Waals surface area contributed by atoms with E-state index in [2.05, 4.69) is 5.32 Å². The van der Waals surface area contributed by atoms with Gasteiger partial charge in [0.1, 0.15) is 5.54 Å². The Hall–Kier alpha value is -0.650. The summed E-state index contributed by atoms with van der Waals surface area (Å²) in [4.78, 5) is 12.3. The van der Waals surface area contributed by atoms with Crippen LogP contribution in [0, 0.1) is 5.41 Å². The van der Waals surface area contributed by atoms with Crippen molar-refractivity contribution in [3.63, 3.8) is 0 Å². The predicted octanol–water partition coefficient (Wildman–Crippen LogP) is 0.795. The maximum atomic E-state index is 12.3. The van der Waals surface area contributed by atoms with Crippen molar-refractivity contribution in [2.24, 2.45) is 11.1 Å². The molecule has 4 atom stereocenters. The Morgan fingerprint density at radius 2 is 2.11 bits per heavy atom. The van der Waals surface area contributed by atoms with Crippen molar-refractivity contribution < 1.29 is 14.6 Å². The van der Waals surface area contributed by atoms with Crippen LogP contribution in [0.25, 0.3) is 0 Å². The normalized spacial score (nSPS) is 32.3. The molecule has 5 nitrogen and oxygen atoms in total. The van der Waals surface area contributed by atoms with Gasteiger partial charge >= 0.3 is 0 Å². The first-order valence-corrected chi connectivity index (χ1v) is 7.04. The van der Waals surface area contributed by atoms with E-state index >= 15 is 0 Å². The quantitative estimate of drug-likeness (QED) is 0.667. The maximum absolute atomic E-state index is 12.3. The summed E-state index contributed by atoms with van der Waals surface area (Å²) in [5.74, 6) is -0.151. The molecule has 0 aromatic carbocycles. The molecule has 1 fully saturated rings. The number of carbonyl (C=O) groups is 1. The molecule has 0 aromatic heterocycles. The second-order valence-electron chi connectivity index (χ2n) is 6.30. The number of aliphatic hydroxyl groups is 1. The molecular weight excluding hydrogens is 244 g/mol. The van der Waals surface area contributed by atoms with Crippen LogP contribution in [-0.4, -0.2) is 41.4 Å². The van der Waals surface area contributed by atoms with Crippen molar-refractivity contribution in [2.45, 2.75) is 71.2 Å². The van der Waals surface area contributed by atoms with Gasteiger partial charge in [-0.25, -0.2) is 0 Å². The van der Waals surface area contributed by atoms with Crippen molar-refractivity contribution in [2.75, 3.05) is 6.61 Å². The first kappa shape index (κ1) is 16.4. The molecule has 0 aliphatic heterocycles. The zero-order valence-electron chi connectivity index (χ0n) is 12.7. The summed E-state index contributed by atoms with van der Waals surface area (Å²) < 4.78 is 5.61. The largest absolute Gasteiger partial charge is 0.393 e.